The summed E-state index contributed by atoms with van der Waals surface area (Å²) in [6.07, 6.45) is 6.27. The molecule has 10 nitrogen and oxygen atoms in total. The van der Waals surface area contributed by atoms with E-state index in [1.807, 2.05) is 63.3 Å². The van der Waals surface area contributed by atoms with Gasteiger partial charge in [-0.15, -0.1) is 0 Å². The van der Waals surface area contributed by atoms with Crippen LogP contribution in [0.4, 0.5) is 0 Å². The number of fused-ring (bicyclic) bond motifs is 2. The Labute approximate surface area is 267 Å². The number of likely N-dealkylation sites (N-methyl/N-ethyl adjacent to an activating group) is 1. The Bertz CT molecular complexity index is 1340. The van der Waals surface area contributed by atoms with Gasteiger partial charge in [0.05, 0.1) is 18.6 Å². The van der Waals surface area contributed by atoms with E-state index in [0.29, 0.717) is 16.5 Å². The Balaban J connectivity index is 1.62. The van der Waals surface area contributed by atoms with Gasteiger partial charge in [0, 0.05) is 37.1 Å². The summed E-state index contributed by atoms with van der Waals surface area (Å²) in [5.41, 5.74) is -0.689. The second-order valence-corrected chi connectivity index (χ2v) is 13.1. The molecule has 4 aliphatic rings. The number of allylic oxidation sites excluding steroid dienone is 1. The molecule has 1 aromatic carbocycles. The molecule has 4 aliphatic heterocycles. The Morgan fingerprint density at radius 2 is 1.82 bits per heavy atom. The number of carbonyl (C=O) groups excluding carboxylic acids is 4. The molecule has 1 unspecified atom stereocenters. The molecule has 3 amide bonds. The summed E-state index contributed by atoms with van der Waals surface area (Å²) in [6, 6.07) is 7.51. The van der Waals surface area contributed by atoms with Crippen LogP contribution < -0.4 is 0 Å². The van der Waals surface area contributed by atoms with Gasteiger partial charge in [0.2, 0.25) is 17.7 Å². The van der Waals surface area contributed by atoms with Gasteiger partial charge in [0.1, 0.15) is 29.8 Å². The van der Waals surface area contributed by atoms with Crippen molar-refractivity contribution < 1.29 is 33.8 Å². The molecule has 5 bridgehead atoms. The molecule has 0 aliphatic carbocycles. The summed E-state index contributed by atoms with van der Waals surface area (Å²) in [5, 5.41) is 9.97. The maximum atomic E-state index is 14.5. The minimum Gasteiger partial charge on any atom is -0.455 e. The number of rotatable bonds is 6. The first kappa shape index (κ1) is 32.4. The third-order valence-electron chi connectivity index (χ3n) is 9.60. The van der Waals surface area contributed by atoms with Crippen molar-refractivity contribution >= 4 is 39.6 Å². The summed E-state index contributed by atoms with van der Waals surface area (Å²) in [6.45, 7) is 5.73. The molecule has 11 heteroatoms. The van der Waals surface area contributed by atoms with Crippen molar-refractivity contribution in [2.45, 2.75) is 82.4 Å². The second-order valence-electron chi connectivity index (χ2n) is 12.2. The maximum Gasteiger partial charge on any atom is 0.313 e. The SMILES string of the molecule is CCCC(C)N1C/C=C\CCC(=O)N(C)[C@H](C)[C@@H](c2ccccc2)OC(=O)[C@@H]2[C@H]3O[C@@]4(C=C3Br)[C@H](C1=O)N(CCO)C(=O)[C@@H]24. The highest BCUT2D eigenvalue weighted by Crippen LogP contribution is 2.59. The van der Waals surface area contributed by atoms with Crippen molar-refractivity contribution in [2.75, 3.05) is 26.7 Å². The van der Waals surface area contributed by atoms with E-state index in [4.69, 9.17) is 9.47 Å². The number of halogens is 1. The zero-order valence-corrected chi connectivity index (χ0v) is 27.3. The summed E-state index contributed by atoms with van der Waals surface area (Å²) in [4.78, 5) is 60.9. The first-order valence-corrected chi connectivity index (χ1v) is 16.3. The van der Waals surface area contributed by atoms with E-state index < -0.39 is 53.6 Å². The number of likely N-dealkylation sites (tertiary alicyclic amines) is 1. The third-order valence-corrected chi connectivity index (χ3v) is 10.3. The van der Waals surface area contributed by atoms with Crippen LogP contribution >= 0.6 is 15.9 Å². The van der Waals surface area contributed by atoms with Crippen LogP contribution in [-0.2, 0) is 28.7 Å². The van der Waals surface area contributed by atoms with E-state index in [2.05, 4.69) is 15.9 Å². The summed E-state index contributed by atoms with van der Waals surface area (Å²) in [5.74, 6) is -3.50. The Kier molecular flexibility index (Phi) is 9.67. The average molecular weight is 673 g/mol. The van der Waals surface area contributed by atoms with Crippen LogP contribution in [0, 0.1) is 11.8 Å². The third kappa shape index (κ3) is 5.51. The van der Waals surface area contributed by atoms with Crippen LogP contribution in [-0.4, -0.2) is 100 Å². The van der Waals surface area contributed by atoms with E-state index >= 15 is 0 Å². The van der Waals surface area contributed by atoms with Gasteiger partial charge in [0.15, 0.2) is 0 Å². The fourth-order valence-electron chi connectivity index (χ4n) is 7.24. The van der Waals surface area contributed by atoms with Crippen molar-refractivity contribution in [2.24, 2.45) is 11.8 Å². The lowest BCUT2D eigenvalue weighted by Crippen LogP contribution is -2.57. The molecule has 1 N–H and O–H groups in total. The van der Waals surface area contributed by atoms with Crippen LogP contribution in [0.2, 0.25) is 0 Å². The standard InChI is InChI=1S/C33H42BrN3O7/c1-5-12-20(2)36-16-11-7-10-15-24(39)35(4)21(3)27(22-13-8-6-9-14-22)43-32(42)25-26-30(40)37(17-18-38)29(31(36)41)33(26)19-23(34)28(25)44-33/h6-9,11,13-14,19-21,25-29,38H,5,10,12,15-18H2,1-4H3/b11-7-/t20?,21-,25+,26-,27+,28+,29+,33-/m1/s1. The number of amides is 3. The first-order chi connectivity index (χ1) is 21.1. The topological polar surface area (TPSA) is 117 Å². The van der Waals surface area contributed by atoms with Gasteiger partial charge in [-0.1, -0.05) is 71.8 Å². The number of benzene rings is 1. The molecular weight excluding hydrogens is 630 g/mol. The largest absolute Gasteiger partial charge is 0.455 e. The number of β-amino-alcohol motifs (C(OH)–C–C–N with tert-alkyl or cyclic N) is 1. The van der Waals surface area contributed by atoms with Gasteiger partial charge >= 0.3 is 5.97 Å². The number of cyclic esters (lactones) is 1. The number of aliphatic hydroxyl groups is 1. The van der Waals surface area contributed by atoms with Gasteiger partial charge in [-0.25, -0.2) is 0 Å². The predicted molar refractivity (Wildman–Crippen MR) is 166 cm³/mol. The monoisotopic (exact) mass is 671 g/mol. The Hall–Kier alpha value is -3.02. The van der Waals surface area contributed by atoms with Crippen molar-refractivity contribution in [1.82, 2.24) is 14.7 Å². The zero-order chi connectivity index (χ0) is 31.8. The second kappa shape index (κ2) is 13.1. The quantitative estimate of drug-likeness (QED) is 0.364. The molecule has 44 heavy (non-hydrogen) atoms. The molecule has 238 valence electrons. The minimum absolute atomic E-state index is 0.0723. The lowest BCUT2D eigenvalue weighted by molar-refractivity contribution is -0.164. The van der Waals surface area contributed by atoms with Crippen molar-refractivity contribution in [3.63, 3.8) is 0 Å². The number of carbonyl (C=O) groups is 4. The fourth-order valence-corrected chi connectivity index (χ4v) is 7.98. The Morgan fingerprint density at radius 3 is 2.50 bits per heavy atom. The molecule has 1 spiro atoms. The van der Waals surface area contributed by atoms with E-state index in [1.165, 1.54) is 4.90 Å². The lowest BCUT2D eigenvalue weighted by atomic mass is 9.74. The van der Waals surface area contributed by atoms with E-state index in [9.17, 15) is 24.3 Å². The smallest absolute Gasteiger partial charge is 0.313 e. The van der Waals surface area contributed by atoms with Crippen molar-refractivity contribution in [1.29, 1.82) is 0 Å². The van der Waals surface area contributed by atoms with Gasteiger partial charge in [-0.2, -0.15) is 0 Å². The Morgan fingerprint density at radius 1 is 1.09 bits per heavy atom. The number of hydrogen-bond acceptors (Lipinski definition) is 7. The number of esters is 1. The highest BCUT2D eigenvalue weighted by Gasteiger charge is 2.75. The van der Waals surface area contributed by atoms with E-state index in [-0.39, 0.29) is 44.0 Å². The molecular formula is C33H42BrN3O7. The molecule has 0 saturated carbocycles. The normalized spacial score (nSPS) is 34.2. The summed E-state index contributed by atoms with van der Waals surface area (Å²) < 4.78 is 13.4. The first-order valence-electron chi connectivity index (χ1n) is 15.5. The zero-order valence-electron chi connectivity index (χ0n) is 25.7. The van der Waals surface area contributed by atoms with Crippen LogP contribution in [0.15, 0.2) is 53.0 Å². The fraction of sp³-hybridized carbons (Fsp3) is 0.576. The van der Waals surface area contributed by atoms with Crippen LogP contribution in [0.25, 0.3) is 0 Å². The molecule has 0 aromatic heterocycles. The number of hydrogen-bond donors (Lipinski definition) is 1. The number of ether oxygens (including phenoxy) is 2. The summed E-state index contributed by atoms with van der Waals surface area (Å²) in [7, 11) is 1.70. The molecule has 4 heterocycles. The molecule has 5 rings (SSSR count). The molecule has 1 aromatic rings. The predicted octanol–water partition coefficient (Wildman–Crippen LogP) is 3.35. The van der Waals surface area contributed by atoms with Gasteiger partial charge < -0.3 is 29.3 Å². The van der Waals surface area contributed by atoms with Gasteiger partial charge in [0.25, 0.3) is 0 Å². The lowest BCUT2D eigenvalue weighted by Gasteiger charge is -2.38. The van der Waals surface area contributed by atoms with Crippen molar-refractivity contribution in [3.8, 4) is 0 Å². The van der Waals surface area contributed by atoms with Crippen LogP contribution in [0.5, 0.6) is 0 Å². The minimum atomic E-state index is -1.40. The van der Waals surface area contributed by atoms with Crippen molar-refractivity contribution in [3.05, 3.63) is 58.6 Å². The van der Waals surface area contributed by atoms with Gasteiger partial charge in [-0.3, -0.25) is 19.2 Å². The van der Waals surface area contributed by atoms with Crippen LogP contribution in [0.1, 0.15) is 58.1 Å². The van der Waals surface area contributed by atoms with E-state index in [0.717, 1.165) is 12.8 Å². The molecule has 2 fully saturated rings. The molecule has 2 saturated heterocycles. The number of aliphatic hydroxyl groups excluding tert-OH is 1. The molecule has 0 radical (unpaired) electrons. The van der Waals surface area contributed by atoms with Gasteiger partial charge in [-0.05, 0) is 38.3 Å². The summed E-state index contributed by atoms with van der Waals surface area (Å²) >= 11 is 3.57. The highest BCUT2D eigenvalue weighted by molar-refractivity contribution is 9.11. The highest BCUT2D eigenvalue weighted by atomic mass is 79.9. The maximum absolute atomic E-state index is 14.5. The van der Waals surface area contributed by atoms with E-state index in [1.54, 1.807) is 22.9 Å². The number of nitrogens with zero attached hydrogens (tertiary/aromatic N) is 3. The average Bonchev–Trinajstić information content (AvgIpc) is 3.60. The molecule has 8 atom stereocenters. The van der Waals surface area contributed by atoms with Crippen LogP contribution in [0.3, 0.4) is 0 Å².